The molecule has 1 unspecified atom stereocenters. The quantitative estimate of drug-likeness (QED) is 0.789. The summed E-state index contributed by atoms with van der Waals surface area (Å²) < 4.78 is 6.98. The van der Waals surface area contributed by atoms with Crippen molar-refractivity contribution in [2.45, 2.75) is 51.4 Å². The molecule has 1 aromatic rings. The number of carboxylic acid groups (broad SMARTS) is 1. The van der Waals surface area contributed by atoms with Gasteiger partial charge in [0.1, 0.15) is 6.10 Å². The lowest BCUT2D eigenvalue weighted by molar-refractivity contribution is -0.145. The summed E-state index contributed by atoms with van der Waals surface area (Å²) in [6.07, 6.45) is -0.397. The Morgan fingerprint density at radius 2 is 2.00 bits per heavy atom. The largest absolute Gasteiger partial charge is 0.479 e. The fraction of sp³-hybridized carbons (Fsp3) is 0.533. The third kappa shape index (κ3) is 4.72. The average Bonchev–Trinajstić information content (AvgIpc) is 2.26. The monoisotopic (exact) mass is 358 g/mol. The molecule has 0 aliphatic heterocycles. The molecule has 1 N–H and O–H groups in total. The van der Waals surface area contributed by atoms with Crippen LogP contribution < -0.4 is 0 Å². The van der Waals surface area contributed by atoms with E-state index in [1.807, 2.05) is 24.3 Å². The van der Waals surface area contributed by atoms with Crippen molar-refractivity contribution in [2.75, 3.05) is 0 Å². The van der Waals surface area contributed by atoms with Crippen LogP contribution in [0, 0.1) is 0 Å². The Kier molecular flexibility index (Phi) is 5.58. The van der Waals surface area contributed by atoms with Crippen molar-refractivity contribution in [1.29, 1.82) is 0 Å². The number of halogens is 1. The highest BCUT2D eigenvalue weighted by atomic mass is 79.9. The van der Waals surface area contributed by atoms with E-state index in [2.05, 4.69) is 49.8 Å². The first kappa shape index (κ1) is 17.4. The predicted octanol–water partition coefficient (Wildman–Crippen LogP) is 4.47. The van der Waals surface area contributed by atoms with Crippen LogP contribution in [0.4, 0.5) is 0 Å². The zero-order valence-corrected chi connectivity index (χ0v) is 15.3. The van der Waals surface area contributed by atoms with Crippen LogP contribution in [0.1, 0.15) is 26.3 Å². The molecule has 0 radical (unpaired) electrons. The van der Waals surface area contributed by atoms with E-state index in [0.29, 0.717) is 6.42 Å². The molecule has 20 heavy (non-hydrogen) atoms. The second-order valence-corrected chi connectivity index (χ2v) is 12.2. The van der Waals surface area contributed by atoms with E-state index in [1.54, 1.807) is 0 Å². The summed E-state index contributed by atoms with van der Waals surface area (Å²) >= 11 is 3.40. The van der Waals surface area contributed by atoms with Crippen molar-refractivity contribution in [3.63, 3.8) is 0 Å². The molecule has 5 heteroatoms. The van der Waals surface area contributed by atoms with Crippen molar-refractivity contribution in [1.82, 2.24) is 0 Å². The van der Waals surface area contributed by atoms with Crippen LogP contribution in [0.15, 0.2) is 28.7 Å². The highest BCUT2D eigenvalue weighted by Crippen LogP contribution is 2.37. The van der Waals surface area contributed by atoms with Gasteiger partial charge in [-0.1, -0.05) is 48.8 Å². The molecular formula is C15H23BrO3Si. The van der Waals surface area contributed by atoms with Crippen molar-refractivity contribution in [3.8, 4) is 0 Å². The summed E-state index contributed by atoms with van der Waals surface area (Å²) in [6.45, 7) is 10.5. The molecular weight excluding hydrogens is 336 g/mol. The van der Waals surface area contributed by atoms with Gasteiger partial charge in [0.15, 0.2) is 8.32 Å². The molecule has 0 aliphatic carbocycles. The lowest BCUT2D eigenvalue weighted by Gasteiger charge is -2.38. The fourth-order valence-corrected chi connectivity index (χ4v) is 3.29. The summed E-state index contributed by atoms with van der Waals surface area (Å²) in [5.41, 5.74) is 0.963. The van der Waals surface area contributed by atoms with Crippen LogP contribution in [0.25, 0.3) is 0 Å². The minimum absolute atomic E-state index is 0.00201. The van der Waals surface area contributed by atoms with E-state index >= 15 is 0 Å². The van der Waals surface area contributed by atoms with E-state index < -0.39 is 20.4 Å². The maximum atomic E-state index is 11.5. The van der Waals surface area contributed by atoms with E-state index in [4.69, 9.17) is 4.43 Å². The minimum atomic E-state index is -2.09. The van der Waals surface area contributed by atoms with Gasteiger partial charge in [0.05, 0.1) is 0 Å². The molecule has 3 nitrogen and oxygen atoms in total. The smallest absolute Gasteiger partial charge is 0.331 e. The number of hydrogen-bond acceptors (Lipinski definition) is 2. The second-order valence-electron chi connectivity index (χ2n) is 6.54. The molecule has 112 valence electrons. The summed E-state index contributed by atoms with van der Waals surface area (Å²) in [7, 11) is -2.09. The minimum Gasteiger partial charge on any atom is -0.479 e. The Hall–Kier alpha value is -0.653. The van der Waals surface area contributed by atoms with Gasteiger partial charge in [-0.15, -0.1) is 0 Å². The number of carbonyl (C=O) groups is 1. The molecule has 1 rings (SSSR count). The maximum absolute atomic E-state index is 11.5. The van der Waals surface area contributed by atoms with Gasteiger partial charge in [-0.05, 0) is 35.8 Å². The molecule has 0 spiro atoms. The molecule has 0 heterocycles. The first-order valence-electron chi connectivity index (χ1n) is 6.68. The van der Waals surface area contributed by atoms with Gasteiger partial charge in [-0.2, -0.15) is 0 Å². The van der Waals surface area contributed by atoms with E-state index in [1.165, 1.54) is 0 Å². The van der Waals surface area contributed by atoms with Gasteiger partial charge >= 0.3 is 5.97 Å². The van der Waals surface area contributed by atoms with Gasteiger partial charge in [0.2, 0.25) is 0 Å². The number of benzene rings is 1. The summed E-state index contributed by atoms with van der Waals surface area (Å²) in [6, 6.07) is 7.69. The van der Waals surface area contributed by atoms with E-state index in [0.717, 1.165) is 10.0 Å². The SMILES string of the molecule is CC(C)(C)[Si](C)(C)OC(Cc1cccc(Br)c1)C(=O)O. The first-order valence-corrected chi connectivity index (χ1v) is 10.4. The lowest BCUT2D eigenvalue weighted by atomic mass is 10.1. The van der Waals surface area contributed by atoms with E-state index in [-0.39, 0.29) is 5.04 Å². The molecule has 0 saturated carbocycles. The Morgan fingerprint density at radius 3 is 2.45 bits per heavy atom. The van der Waals surface area contributed by atoms with Crippen LogP contribution in [0.2, 0.25) is 18.1 Å². The lowest BCUT2D eigenvalue weighted by Crippen LogP contribution is -2.46. The molecule has 0 saturated heterocycles. The van der Waals surface area contributed by atoms with Gasteiger partial charge in [0, 0.05) is 10.9 Å². The Bertz CT molecular complexity index is 480. The highest BCUT2D eigenvalue weighted by Gasteiger charge is 2.40. The number of aliphatic carboxylic acids is 1. The zero-order chi connectivity index (χ0) is 15.6. The predicted molar refractivity (Wildman–Crippen MR) is 87.6 cm³/mol. The van der Waals surface area contributed by atoms with Gasteiger partial charge in [-0.25, -0.2) is 4.79 Å². The van der Waals surface area contributed by atoms with Crippen LogP contribution >= 0.6 is 15.9 Å². The summed E-state index contributed by atoms with van der Waals surface area (Å²) in [5.74, 6) is -0.894. The Morgan fingerprint density at radius 1 is 1.40 bits per heavy atom. The molecule has 0 aliphatic rings. The fourth-order valence-electron chi connectivity index (χ4n) is 1.59. The van der Waals surface area contributed by atoms with Crippen LogP contribution in [-0.2, 0) is 15.6 Å². The van der Waals surface area contributed by atoms with Crippen LogP contribution in [-0.4, -0.2) is 25.5 Å². The molecule has 1 atom stereocenters. The molecule has 0 amide bonds. The third-order valence-electron chi connectivity index (χ3n) is 3.83. The maximum Gasteiger partial charge on any atom is 0.331 e. The van der Waals surface area contributed by atoms with Crippen LogP contribution in [0.5, 0.6) is 0 Å². The number of carboxylic acids is 1. The van der Waals surface area contributed by atoms with Gasteiger partial charge < -0.3 is 9.53 Å². The normalized spacial score (nSPS) is 14.1. The zero-order valence-electron chi connectivity index (χ0n) is 12.7. The van der Waals surface area contributed by atoms with Gasteiger partial charge in [0.25, 0.3) is 0 Å². The Balaban J connectivity index is 2.89. The van der Waals surface area contributed by atoms with Gasteiger partial charge in [-0.3, -0.25) is 0 Å². The number of hydrogen-bond donors (Lipinski definition) is 1. The van der Waals surface area contributed by atoms with Crippen molar-refractivity contribution >= 4 is 30.2 Å². The molecule has 0 bridgehead atoms. The second kappa shape index (κ2) is 6.41. The van der Waals surface area contributed by atoms with Crippen molar-refractivity contribution < 1.29 is 14.3 Å². The summed E-state index contributed by atoms with van der Waals surface area (Å²) in [5, 5.41) is 9.42. The average molecular weight is 359 g/mol. The first-order chi connectivity index (χ1) is 9.03. The van der Waals surface area contributed by atoms with Crippen LogP contribution in [0.3, 0.4) is 0 Å². The standard InChI is InChI=1S/C15H23BrO3Si/c1-15(2,3)20(4,5)19-13(14(17)18)10-11-7-6-8-12(16)9-11/h6-9,13H,10H2,1-5H3,(H,17,18). The Labute approximate surface area is 130 Å². The van der Waals surface area contributed by atoms with Crippen molar-refractivity contribution in [2.24, 2.45) is 0 Å². The van der Waals surface area contributed by atoms with E-state index in [9.17, 15) is 9.90 Å². The topological polar surface area (TPSA) is 46.5 Å². The molecule has 1 aromatic carbocycles. The third-order valence-corrected chi connectivity index (χ3v) is 8.81. The van der Waals surface area contributed by atoms with Crippen molar-refractivity contribution in [3.05, 3.63) is 34.3 Å². The molecule has 0 aromatic heterocycles. The number of rotatable bonds is 5. The molecule has 0 fully saturated rings. The summed E-state index contributed by atoms with van der Waals surface area (Å²) in [4.78, 5) is 11.5. The highest BCUT2D eigenvalue weighted by molar-refractivity contribution is 9.10.